The van der Waals surface area contributed by atoms with Crippen molar-refractivity contribution in [2.45, 2.75) is 74.9 Å². The molecule has 2 saturated heterocycles. The van der Waals surface area contributed by atoms with Gasteiger partial charge in [-0.05, 0) is 18.4 Å². The van der Waals surface area contributed by atoms with Crippen molar-refractivity contribution in [1.29, 1.82) is 0 Å². The summed E-state index contributed by atoms with van der Waals surface area (Å²) < 4.78 is 57.3. The predicted molar refractivity (Wildman–Crippen MR) is 117 cm³/mol. The van der Waals surface area contributed by atoms with Gasteiger partial charge in [0.25, 0.3) is 0 Å². The Morgan fingerprint density at radius 2 is 1.60 bits per heavy atom. The van der Waals surface area contributed by atoms with Crippen molar-refractivity contribution in [2.24, 2.45) is 4.99 Å². The zero-order valence-corrected chi connectivity index (χ0v) is 26.6. The van der Waals surface area contributed by atoms with E-state index in [1.807, 2.05) is 0 Å². The maximum atomic E-state index is 11.9. The van der Waals surface area contributed by atoms with Gasteiger partial charge in [0.1, 0.15) is 48.8 Å². The molecule has 2 heterocycles. The molecule has 2 aliphatic heterocycles. The van der Waals surface area contributed by atoms with E-state index in [1.165, 1.54) is 0 Å². The number of hydrogen-bond acceptors (Lipinski definition) is 15. The molecule has 2 aliphatic rings. The minimum absolute atomic E-state index is 0. The summed E-state index contributed by atoms with van der Waals surface area (Å²) in [4.78, 5) is 15.2. The van der Waals surface area contributed by atoms with Crippen LogP contribution >= 0.6 is 0 Å². The molecule has 1 aromatic rings. The van der Waals surface area contributed by atoms with Crippen LogP contribution in [0.3, 0.4) is 0 Å². The molecule has 16 nitrogen and oxygen atoms in total. The monoisotopic (exact) mass is 611 g/mol. The molecule has 5 N–H and O–H groups in total. The van der Waals surface area contributed by atoms with Crippen molar-refractivity contribution in [1.82, 2.24) is 0 Å². The van der Waals surface area contributed by atoms with Crippen molar-refractivity contribution < 1.29 is 131 Å². The fraction of sp³-hybridized carbons (Fsp3) is 0.619. The molecular weight excluding hydrogens is 584 g/mol. The molecule has 0 unspecified atom stereocenters. The first-order chi connectivity index (χ1) is 17.8. The van der Waals surface area contributed by atoms with Gasteiger partial charge in [0, 0.05) is 0 Å². The van der Waals surface area contributed by atoms with Crippen LogP contribution in [0, 0.1) is 0 Å². The number of carboxylic acids is 1. The summed E-state index contributed by atoms with van der Waals surface area (Å²) in [5.41, 5.74) is 0.645. The van der Waals surface area contributed by atoms with Gasteiger partial charge >= 0.3 is 69.5 Å². The Morgan fingerprint density at radius 3 is 2.15 bits per heavy atom. The number of carbonyl (C=O) groups excluding carboxylic acids is 1. The van der Waals surface area contributed by atoms with E-state index in [4.69, 9.17) is 23.5 Å². The second-order valence-corrected chi connectivity index (χ2v) is 9.59. The van der Waals surface area contributed by atoms with Crippen LogP contribution in [0.15, 0.2) is 35.3 Å². The number of aliphatic hydroxyl groups is 4. The number of nitrogens with zero attached hydrogens (tertiary/aromatic N) is 1. The van der Waals surface area contributed by atoms with Crippen LogP contribution in [0.2, 0.25) is 0 Å². The van der Waals surface area contributed by atoms with E-state index >= 15 is 0 Å². The summed E-state index contributed by atoms with van der Waals surface area (Å²) in [7, 11) is -4.98. The summed E-state index contributed by atoms with van der Waals surface area (Å²) in [6.45, 7) is -0.0251. The molecule has 19 heteroatoms. The van der Waals surface area contributed by atoms with Crippen molar-refractivity contribution in [3.05, 3.63) is 35.9 Å². The molecule has 0 aromatic heterocycles. The molecule has 2 fully saturated rings. The molecule has 214 valence electrons. The molecule has 0 aliphatic carbocycles. The molecule has 0 saturated carbocycles. The van der Waals surface area contributed by atoms with Crippen LogP contribution in [0.25, 0.3) is 0 Å². The van der Waals surface area contributed by atoms with Crippen molar-refractivity contribution in [3.63, 3.8) is 0 Å². The Kier molecular flexibility index (Phi) is 15.6. The second kappa shape index (κ2) is 16.5. The Morgan fingerprint density at radius 1 is 0.975 bits per heavy atom. The zero-order chi connectivity index (χ0) is 28.2. The standard InChI is InChI=1S/C21H29NO15S.2Na/c1-9(23)22-12-17(36-21-16(27)14(25)15(26)18(37-21)19(28)29)13(24)11(8-34-38(30,31)32)35-20(12)33-7-10-5-3-2-4-6-10;;/h2-6,11-18,20-21,24-27H,7-8H2,1H3,(H,22,23)(H,28,29)(H,30,31,32);;/q;2*+1/p-2/t11-,12-,13+,14+,15+,16-,17-,18+,20+,21-;;/m1../s1. The Labute approximate surface area is 273 Å². The fourth-order valence-electron chi connectivity index (χ4n) is 3.90. The number of benzene rings is 1. The largest absolute Gasteiger partial charge is 1.00 e. The van der Waals surface area contributed by atoms with E-state index in [-0.39, 0.29) is 65.7 Å². The van der Waals surface area contributed by atoms with Crippen molar-refractivity contribution in [2.75, 3.05) is 6.61 Å². The molecule has 1 aromatic carbocycles. The Hall–Kier alpha value is -0.290. The average molecular weight is 611 g/mol. The van der Waals surface area contributed by atoms with Gasteiger partial charge in [0.15, 0.2) is 12.6 Å². The van der Waals surface area contributed by atoms with E-state index in [1.54, 1.807) is 30.3 Å². The smallest absolute Gasteiger partial charge is 0.862 e. The van der Waals surface area contributed by atoms with E-state index < -0.39 is 90.2 Å². The number of hydrogen-bond donors (Lipinski definition) is 5. The van der Waals surface area contributed by atoms with Gasteiger partial charge in [-0.1, -0.05) is 30.3 Å². The van der Waals surface area contributed by atoms with Crippen molar-refractivity contribution >= 4 is 22.3 Å². The fourth-order valence-corrected chi connectivity index (χ4v) is 4.20. The average Bonchev–Trinajstić information content (AvgIpc) is 2.84. The van der Waals surface area contributed by atoms with Gasteiger partial charge in [-0.2, -0.15) is 8.42 Å². The van der Waals surface area contributed by atoms with Crippen LogP contribution in [0.5, 0.6) is 0 Å². The third kappa shape index (κ3) is 10.2. The summed E-state index contributed by atoms with van der Waals surface area (Å²) in [5, 5.41) is 64.5. The summed E-state index contributed by atoms with van der Waals surface area (Å²) in [6.07, 6.45) is -17.1. The number of aliphatic imine (C=N–C) groups is 1. The molecule has 10 atom stereocenters. The van der Waals surface area contributed by atoms with Crippen LogP contribution in [0.4, 0.5) is 0 Å². The van der Waals surface area contributed by atoms with E-state index in [2.05, 4.69) is 9.18 Å². The third-order valence-corrected chi connectivity index (χ3v) is 6.14. The molecular formula is C21H27NNa2O15S. The van der Waals surface area contributed by atoms with Crippen molar-refractivity contribution in [3.8, 4) is 0 Å². The number of carbonyl (C=O) groups is 1. The van der Waals surface area contributed by atoms with E-state index in [9.17, 15) is 43.9 Å². The van der Waals surface area contributed by atoms with Gasteiger partial charge in [-0.3, -0.25) is 9.55 Å². The Balaban J connectivity index is 0.00000400. The molecule has 0 spiro atoms. The Bertz CT molecular complexity index is 1080. The van der Waals surface area contributed by atoms with Gasteiger partial charge in [-0.25, -0.2) is 4.18 Å². The van der Waals surface area contributed by atoms with Gasteiger partial charge in [0.05, 0.1) is 19.2 Å². The van der Waals surface area contributed by atoms with Gasteiger partial charge < -0.3 is 54.4 Å². The van der Waals surface area contributed by atoms with E-state index in [0.29, 0.717) is 5.56 Å². The summed E-state index contributed by atoms with van der Waals surface area (Å²) in [5.74, 6) is -2.73. The van der Waals surface area contributed by atoms with Crippen LogP contribution < -0.4 is 69.3 Å². The number of aliphatic hydroxyl groups excluding tert-OH is 4. The van der Waals surface area contributed by atoms with Gasteiger partial charge in [0.2, 0.25) is 0 Å². The second-order valence-electron chi connectivity index (χ2n) is 8.50. The minimum Gasteiger partial charge on any atom is -0.862 e. The first-order valence-corrected chi connectivity index (χ1v) is 12.5. The number of aliphatic carboxylic acids is 1. The summed E-state index contributed by atoms with van der Waals surface area (Å²) in [6, 6.07) is 7.06. The number of carboxylic acid groups (broad SMARTS) is 1. The SMILES string of the molecule is CC([O-])=N[C@H]1[C@@H](OCc2ccccc2)O[C@H](COS(=O)(=O)O)[C@H](O)[C@@H]1O[C@@H]1O[C@H](C(=O)[O-])[C@@H](O)[C@H](O)[C@H]1O.[Na+].[Na+]. The first-order valence-electron chi connectivity index (χ1n) is 11.2. The van der Waals surface area contributed by atoms with Crippen LogP contribution in [0.1, 0.15) is 12.5 Å². The number of rotatable bonds is 10. The molecule has 40 heavy (non-hydrogen) atoms. The normalized spacial score (nSPS) is 34.8. The molecule has 0 bridgehead atoms. The molecule has 0 amide bonds. The molecule has 3 rings (SSSR count). The number of ether oxygens (including phenoxy) is 4. The topological polar surface area (TPSA) is 257 Å². The maximum absolute atomic E-state index is 11.9. The van der Waals surface area contributed by atoms with Crippen LogP contribution in [-0.2, 0) is 44.9 Å². The van der Waals surface area contributed by atoms with Crippen LogP contribution in [-0.4, -0.2) is 113 Å². The zero-order valence-electron chi connectivity index (χ0n) is 21.7. The third-order valence-electron chi connectivity index (χ3n) is 5.70. The molecule has 0 radical (unpaired) electrons. The minimum atomic E-state index is -4.98. The van der Waals surface area contributed by atoms with Gasteiger partial charge in [-0.15, -0.1) is 0 Å². The summed E-state index contributed by atoms with van der Waals surface area (Å²) >= 11 is 0. The predicted octanol–water partition coefficient (Wildman–Crippen LogP) is -10.8. The quantitative estimate of drug-likeness (QED) is 0.0712. The van der Waals surface area contributed by atoms with E-state index in [0.717, 1.165) is 6.92 Å². The maximum Gasteiger partial charge on any atom is 1.00 e. The first kappa shape index (κ1) is 37.7.